The number of amides is 1. The van der Waals surface area contributed by atoms with E-state index in [1.807, 2.05) is 37.3 Å². The van der Waals surface area contributed by atoms with Gasteiger partial charge in [-0.3, -0.25) is 14.5 Å². The maximum atomic E-state index is 13.4. The highest BCUT2D eigenvalue weighted by Gasteiger charge is 2.45. The number of hydrogen-bond acceptors (Lipinski definition) is 7. The molecule has 8 heteroatoms. The Morgan fingerprint density at radius 1 is 0.951 bits per heavy atom. The Balaban J connectivity index is 1.39. The normalized spacial score (nSPS) is 19.0. The molecule has 2 fully saturated rings. The van der Waals surface area contributed by atoms with Crippen molar-refractivity contribution in [3.05, 3.63) is 101 Å². The minimum atomic E-state index is -0.706. The van der Waals surface area contributed by atoms with Crippen molar-refractivity contribution in [3.63, 3.8) is 0 Å². The molecule has 3 aromatic rings. The lowest BCUT2D eigenvalue weighted by Crippen LogP contribution is -2.38. The molecule has 41 heavy (non-hydrogen) atoms. The molecular formula is C33H36N2O6. The molecule has 8 nitrogen and oxygen atoms in total. The van der Waals surface area contributed by atoms with Gasteiger partial charge in [0.2, 0.25) is 0 Å². The fourth-order valence-electron chi connectivity index (χ4n) is 5.37. The molecule has 1 amide bonds. The second kappa shape index (κ2) is 13.0. The number of methoxy groups -OCH3 is 1. The molecule has 2 saturated heterocycles. The number of nitrogens with zero attached hydrogens (tertiary/aromatic N) is 2. The van der Waals surface area contributed by atoms with Gasteiger partial charge in [0, 0.05) is 31.7 Å². The zero-order chi connectivity index (χ0) is 28.8. The van der Waals surface area contributed by atoms with Crippen LogP contribution in [-0.4, -0.2) is 73.1 Å². The van der Waals surface area contributed by atoms with E-state index in [0.29, 0.717) is 49.8 Å². The topological polar surface area (TPSA) is 88.5 Å². The van der Waals surface area contributed by atoms with Gasteiger partial charge in [-0.1, -0.05) is 42.0 Å². The van der Waals surface area contributed by atoms with Crippen LogP contribution in [0.4, 0.5) is 0 Å². The molecule has 0 bridgehead atoms. The number of hydrogen-bond donors (Lipinski definition) is 1. The highest BCUT2D eigenvalue weighted by atomic mass is 16.5. The van der Waals surface area contributed by atoms with Crippen molar-refractivity contribution >= 4 is 17.4 Å². The Kier molecular flexibility index (Phi) is 9.01. The Bertz CT molecular complexity index is 1390. The summed E-state index contributed by atoms with van der Waals surface area (Å²) < 4.78 is 16.7. The Labute approximate surface area is 240 Å². The van der Waals surface area contributed by atoms with Gasteiger partial charge in [-0.05, 0) is 60.9 Å². The van der Waals surface area contributed by atoms with Crippen LogP contribution in [0, 0.1) is 6.92 Å². The number of rotatable bonds is 10. The molecule has 1 atom stereocenters. The van der Waals surface area contributed by atoms with Gasteiger partial charge in [-0.25, -0.2) is 0 Å². The third-order valence-corrected chi connectivity index (χ3v) is 7.56. The van der Waals surface area contributed by atoms with Crippen molar-refractivity contribution in [2.45, 2.75) is 26.0 Å². The van der Waals surface area contributed by atoms with E-state index in [4.69, 9.17) is 14.2 Å². The fraction of sp³-hybridized carbons (Fsp3) is 0.333. The average Bonchev–Trinajstić information content (AvgIpc) is 3.25. The van der Waals surface area contributed by atoms with Crippen LogP contribution in [0.15, 0.2) is 78.4 Å². The number of likely N-dealkylation sites (tertiary alicyclic amines) is 1. The van der Waals surface area contributed by atoms with Gasteiger partial charge in [0.15, 0.2) is 0 Å². The van der Waals surface area contributed by atoms with Crippen molar-refractivity contribution in [3.8, 4) is 11.5 Å². The number of aliphatic hydroxyl groups excluding tert-OH is 1. The van der Waals surface area contributed by atoms with E-state index in [0.717, 1.165) is 36.3 Å². The van der Waals surface area contributed by atoms with Crippen LogP contribution < -0.4 is 9.47 Å². The van der Waals surface area contributed by atoms with Crippen molar-refractivity contribution in [1.29, 1.82) is 0 Å². The van der Waals surface area contributed by atoms with Gasteiger partial charge >= 0.3 is 0 Å². The van der Waals surface area contributed by atoms with E-state index in [1.165, 1.54) is 0 Å². The largest absolute Gasteiger partial charge is 0.507 e. The zero-order valence-corrected chi connectivity index (χ0v) is 23.5. The number of carbonyl (C=O) groups is 2. The predicted octanol–water partition coefficient (Wildman–Crippen LogP) is 4.73. The summed E-state index contributed by atoms with van der Waals surface area (Å²) in [6.07, 6.45) is 0.701. The zero-order valence-electron chi connectivity index (χ0n) is 23.5. The number of ether oxygens (including phenoxy) is 3. The Hall–Kier alpha value is -4.14. The molecule has 0 aliphatic carbocycles. The minimum Gasteiger partial charge on any atom is -0.507 e. The lowest BCUT2D eigenvalue weighted by Gasteiger charge is -2.29. The number of morpholine rings is 1. The molecule has 2 aliphatic heterocycles. The van der Waals surface area contributed by atoms with Crippen LogP contribution in [-0.2, 0) is 20.9 Å². The summed E-state index contributed by atoms with van der Waals surface area (Å²) in [6, 6.07) is 21.6. The summed E-state index contributed by atoms with van der Waals surface area (Å²) in [5, 5.41) is 11.4. The van der Waals surface area contributed by atoms with Crippen LogP contribution in [0.2, 0.25) is 0 Å². The first-order valence-corrected chi connectivity index (χ1v) is 14.0. The highest BCUT2D eigenvalue weighted by Crippen LogP contribution is 2.40. The number of carbonyl (C=O) groups excluding carboxylic acids is 2. The van der Waals surface area contributed by atoms with Crippen LogP contribution in [0.1, 0.15) is 34.7 Å². The molecule has 3 aromatic carbocycles. The average molecular weight is 557 g/mol. The molecule has 0 aromatic heterocycles. The maximum absolute atomic E-state index is 13.4. The summed E-state index contributed by atoms with van der Waals surface area (Å²) in [4.78, 5) is 30.5. The van der Waals surface area contributed by atoms with Gasteiger partial charge in [0.05, 0.1) is 31.9 Å². The predicted molar refractivity (Wildman–Crippen MR) is 156 cm³/mol. The van der Waals surface area contributed by atoms with Crippen molar-refractivity contribution < 1.29 is 28.9 Å². The molecule has 214 valence electrons. The van der Waals surface area contributed by atoms with Crippen LogP contribution >= 0.6 is 0 Å². The first-order valence-electron chi connectivity index (χ1n) is 14.0. The standard InChI is InChI=1S/C33H36N2O6/c1-23-5-3-6-24(21-23)22-41-28-13-9-26(10-14-28)31(36)29-30(25-7-11-27(39-2)12-8-25)35(33(38)32(29)37)16-4-15-34-17-19-40-20-18-34/h3,5-14,21,30,36H,4,15-20,22H2,1-2H3/t30-/m1/s1. The lowest BCUT2D eigenvalue weighted by atomic mass is 9.95. The quantitative estimate of drug-likeness (QED) is 0.220. The fourth-order valence-corrected chi connectivity index (χ4v) is 5.37. The molecule has 0 radical (unpaired) electrons. The SMILES string of the molecule is COc1ccc([C@@H]2C(=C(O)c3ccc(OCc4cccc(C)c4)cc3)C(=O)C(=O)N2CCCN2CCOCC2)cc1. The van der Waals surface area contributed by atoms with Crippen LogP contribution in [0.5, 0.6) is 11.5 Å². The third-order valence-electron chi connectivity index (χ3n) is 7.56. The molecule has 0 saturated carbocycles. The van der Waals surface area contributed by atoms with Crippen molar-refractivity contribution in [2.75, 3.05) is 46.5 Å². The van der Waals surface area contributed by atoms with E-state index in [-0.39, 0.29) is 11.3 Å². The van der Waals surface area contributed by atoms with E-state index in [2.05, 4.69) is 11.0 Å². The van der Waals surface area contributed by atoms with Crippen molar-refractivity contribution in [2.24, 2.45) is 0 Å². The van der Waals surface area contributed by atoms with E-state index >= 15 is 0 Å². The smallest absolute Gasteiger partial charge is 0.295 e. The molecular weight excluding hydrogens is 520 g/mol. The molecule has 5 rings (SSSR count). The number of aliphatic hydroxyl groups is 1. The summed E-state index contributed by atoms with van der Waals surface area (Å²) in [7, 11) is 1.58. The first kappa shape index (κ1) is 28.4. The van der Waals surface area contributed by atoms with Crippen LogP contribution in [0.25, 0.3) is 5.76 Å². The number of ketones is 1. The van der Waals surface area contributed by atoms with Gasteiger partial charge < -0.3 is 24.2 Å². The van der Waals surface area contributed by atoms with Gasteiger partial charge in [-0.2, -0.15) is 0 Å². The number of Topliss-reactive ketones (excluding diaryl/α,β-unsaturated/α-hetero) is 1. The number of benzene rings is 3. The van der Waals surface area contributed by atoms with Gasteiger partial charge in [0.25, 0.3) is 11.7 Å². The molecule has 2 heterocycles. The summed E-state index contributed by atoms with van der Waals surface area (Å²) in [5.74, 6) is -0.190. The van der Waals surface area contributed by atoms with Gasteiger partial charge in [0.1, 0.15) is 23.9 Å². The summed E-state index contributed by atoms with van der Waals surface area (Å²) >= 11 is 0. The van der Waals surface area contributed by atoms with Crippen LogP contribution in [0.3, 0.4) is 0 Å². The number of aryl methyl sites for hydroxylation is 1. The second-order valence-corrected chi connectivity index (χ2v) is 10.4. The Morgan fingerprint density at radius 2 is 1.66 bits per heavy atom. The maximum Gasteiger partial charge on any atom is 0.295 e. The molecule has 0 unspecified atom stereocenters. The van der Waals surface area contributed by atoms with E-state index < -0.39 is 17.7 Å². The van der Waals surface area contributed by atoms with E-state index in [9.17, 15) is 14.7 Å². The van der Waals surface area contributed by atoms with Crippen molar-refractivity contribution in [1.82, 2.24) is 9.80 Å². The lowest BCUT2D eigenvalue weighted by molar-refractivity contribution is -0.140. The monoisotopic (exact) mass is 556 g/mol. The molecule has 0 spiro atoms. The Morgan fingerprint density at radius 3 is 2.34 bits per heavy atom. The van der Waals surface area contributed by atoms with E-state index in [1.54, 1.807) is 48.4 Å². The highest BCUT2D eigenvalue weighted by molar-refractivity contribution is 6.46. The van der Waals surface area contributed by atoms with Gasteiger partial charge in [-0.15, -0.1) is 0 Å². The summed E-state index contributed by atoms with van der Waals surface area (Å²) in [5.41, 5.74) is 3.48. The second-order valence-electron chi connectivity index (χ2n) is 10.4. The third kappa shape index (κ3) is 6.61. The minimum absolute atomic E-state index is 0.0833. The molecule has 1 N–H and O–H groups in total. The summed E-state index contributed by atoms with van der Waals surface area (Å²) in [6.45, 7) is 6.75. The molecule has 2 aliphatic rings. The first-order chi connectivity index (χ1) is 19.9.